The Hall–Kier alpha value is -1.97. The molecule has 1 aromatic carbocycles. The molecule has 4 heteroatoms. The lowest BCUT2D eigenvalue weighted by atomic mass is 9.96. The topological polar surface area (TPSA) is 44.8 Å². The fourth-order valence-corrected chi connectivity index (χ4v) is 1.92. The molecule has 0 N–H and O–H groups in total. The molecule has 1 heterocycles. The van der Waals surface area contributed by atoms with Gasteiger partial charge in [-0.15, -0.1) is 0 Å². The number of carbonyl (C=O) groups is 1. The van der Waals surface area contributed by atoms with Gasteiger partial charge in [-0.25, -0.2) is 0 Å². The van der Waals surface area contributed by atoms with E-state index >= 15 is 0 Å². The van der Waals surface area contributed by atoms with Crippen molar-refractivity contribution in [3.05, 3.63) is 36.1 Å². The summed E-state index contributed by atoms with van der Waals surface area (Å²) in [7, 11) is 0. The summed E-state index contributed by atoms with van der Waals surface area (Å²) in [6.07, 6.45) is 4.67. The third-order valence-electron chi connectivity index (χ3n) is 3.06. The van der Waals surface area contributed by atoms with E-state index in [1.165, 1.54) is 6.26 Å². The van der Waals surface area contributed by atoms with Crippen molar-refractivity contribution in [1.29, 1.82) is 0 Å². The second-order valence-electron chi connectivity index (χ2n) is 4.30. The van der Waals surface area contributed by atoms with E-state index in [2.05, 4.69) is 6.92 Å². The summed E-state index contributed by atoms with van der Waals surface area (Å²) < 4.78 is 15.6. The maximum absolute atomic E-state index is 11.1. The van der Waals surface area contributed by atoms with Crippen molar-refractivity contribution >= 4 is 5.97 Å². The molecule has 0 spiro atoms. The van der Waals surface area contributed by atoms with Crippen LogP contribution in [0.25, 0.3) is 0 Å². The molecule has 0 saturated carbocycles. The van der Waals surface area contributed by atoms with Crippen LogP contribution < -0.4 is 9.47 Å². The first kappa shape index (κ1) is 13.5. The van der Waals surface area contributed by atoms with E-state index in [-0.39, 0.29) is 18.7 Å². The van der Waals surface area contributed by atoms with E-state index in [0.717, 1.165) is 23.5 Å². The summed E-state index contributed by atoms with van der Waals surface area (Å²) in [5.74, 6) is 1.52. The molecule has 1 aliphatic heterocycles. The molecule has 0 aromatic heterocycles. The molecule has 0 amide bonds. The molecular formula is C15H18O4. The maximum Gasteiger partial charge on any atom is 0.310 e. The van der Waals surface area contributed by atoms with Crippen LogP contribution in [0.4, 0.5) is 0 Å². The first-order valence-corrected chi connectivity index (χ1v) is 6.50. The van der Waals surface area contributed by atoms with Crippen LogP contribution in [0, 0.1) is 0 Å². The van der Waals surface area contributed by atoms with Crippen molar-refractivity contribution in [3.63, 3.8) is 0 Å². The predicted octanol–water partition coefficient (Wildman–Crippen LogP) is 3.38. The minimum atomic E-state index is -0.225. The van der Waals surface area contributed by atoms with Crippen molar-refractivity contribution in [3.8, 4) is 11.5 Å². The molecule has 4 nitrogen and oxygen atoms in total. The molecule has 1 unspecified atom stereocenters. The number of fused-ring (bicyclic) bond motifs is 1. The lowest BCUT2D eigenvalue weighted by Gasteiger charge is -2.11. The van der Waals surface area contributed by atoms with Crippen LogP contribution in [0.5, 0.6) is 11.5 Å². The average molecular weight is 262 g/mol. The van der Waals surface area contributed by atoms with E-state index in [0.29, 0.717) is 6.42 Å². The van der Waals surface area contributed by atoms with Crippen LogP contribution in [0.3, 0.4) is 0 Å². The number of carbonyl (C=O) groups excluding carboxylic acids is 1. The number of rotatable bonds is 5. The summed E-state index contributed by atoms with van der Waals surface area (Å²) >= 11 is 0. The Balaban J connectivity index is 2.07. The van der Waals surface area contributed by atoms with Gasteiger partial charge in [-0.05, 0) is 30.2 Å². The lowest BCUT2D eigenvalue weighted by molar-refractivity contribution is -0.137. The van der Waals surface area contributed by atoms with Gasteiger partial charge in [0.2, 0.25) is 6.79 Å². The number of esters is 1. The van der Waals surface area contributed by atoms with Crippen LogP contribution in [0.1, 0.15) is 38.2 Å². The molecule has 0 fully saturated rings. The molecule has 1 atom stereocenters. The van der Waals surface area contributed by atoms with Crippen molar-refractivity contribution in [2.75, 3.05) is 6.79 Å². The summed E-state index contributed by atoms with van der Waals surface area (Å²) in [6, 6.07) is 5.89. The zero-order valence-corrected chi connectivity index (χ0v) is 11.2. The summed E-state index contributed by atoms with van der Waals surface area (Å²) in [5, 5.41) is 0. The molecular weight excluding hydrogens is 244 g/mol. The van der Waals surface area contributed by atoms with Gasteiger partial charge in [0.1, 0.15) is 0 Å². The van der Waals surface area contributed by atoms with Crippen LogP contribution in [0.2, 0.25) is 0 Å². The molecule has 19 heavy (non-hydrogen) atoms. The van der Waals surface area contributed by atoms with E-state index in [4.69, 9.17) is 14.2 Å². The van der Waals surface area contributed by atoms with Gasteiger partial charge >= 0.3 is 5.97 Å². The van der Waals surface area contributed by atoms with Gasteiger partial charge in [-0.3, -0.25) is 4.79 Å². The zero-order chi connectivity index (χ0) is 13.7. The normalized spacial score (nSPS) is 14.6. The zero-order valence-electron chi connectivity index (χ0n) is 11.2. The van der Waals surface area contributed by atoms with E-state index in [9.17, 15) is 4.79 Å². The second kappa shape index (κ2) is 6.27. The molecule has 0 bridgehead atoms. The Morgan fingerprint density at radius 3 is 2.89 bits per heavy atom. The highest BCUT2D eigenvalue weighted by atomic mass is 16.7. The Kier molecular flexibility index (Phi) is 4.44. The second-order valence-corrected chi connectivity index (χ2v) is 4.30. The van der Waals surface area contributed by atoms with Crippen molar-refractivity contribution in [1.82, 2.24) is 0 Å². The molecule has 2 rings (SSSR count). The number of hydrogen-bond donors (Lipinski definition) is 0. The SMILES string of the molecule is CCC(=O)OC=CC(CC)c1ccc2c(c1)OCO2. The lowest BCUT2D eigenvalue weighted by Crippen LogP contribution is -1.98. The van der Waals surface area contributed by atoms with Gasteiger partial charge < -0.3 is 14.2 Å². The van der Waals surface area contributed by atoms with Gasteiger partial charge in [0.15, 0.2) is 11.5 Å². The van der Waals surface area contributed by atoms with Crippen molar-refractivity contribution in [2.45, 2.75) is 32.6 Å². The Morgan fingerprint density at radius 2 is 2.16 bits per heavy atom. The van der Waals surface area contributed by atoms with Crippen LogP contribution in [-0.2, 0) is 9.53 Å². The highest BCUT2D eigenvalue weighted by Gasteiger charge is 2.15. The van der Waals surface area contributed by atoms with E-state index in [1.54, 1.807) is 6.92 Å². The average Bonchev–Trinajstić information content (AvgIpc) is 2.90. The van der Waals surface area contributed by atoms with Crippen molar-refractivity contribution < 1.29 is 19.0 Å². The number of hydrogen-bond acceptors (Lipinski definition) is 4. The van der Waals surface area contributed by atoms with Crippen LogP contribution in [-0.4, -0.2) is 12.8 Å². The Bertz CT molecular complexity index is 479. The first-order valence-electron chi connectivity index (χ1n) is 6.50. The summed E-state index contributed by atoms with van der Waals surface area (Å²) in [4.78, 5) is 11.1. The number of ether oxygens (including phenoxy) is 3. The minimum Gasteiger partial charge on any atom is -0.454 e. The standard InChI is InChI=1S/C15H18O4/c1-3-11(7-8-17-15(16)4-2)12-5-6-13-14(9-12)19-10-18-13/h5-9,11H,3-4,10H2,1-2H3. The number of benzene rings is 1. The van der Waals surface area contributed by atoms with E-state index in [1.807, 2.05) is 24.3 Å². The smallest absolute Gasteiger partial charge is 0.310 e. The first-order chi connectivity index (χ1) is 9.24. The monoisotopic (exact) mass is 262 g/mol. The summed E-state index contributed by atoms with van der Waals surface area (Å²) in [6.45, 7) is 4.13. The molecule has 1 aromatic rings. The molecule has 102 valence electrons. The highest BCUT2D eigenvalue weighted by Crippen LogP contribution is 2.35. The van der Waals surface area contributed by atoms with Gasteiger partial charge in [0.05, 0.1) is 6.26 Å². The Labute approximate surface area is 113 Å². The van der Waals surface area contributed by atoms with Gasteiger partial charge in [-0.1, -0.05) is 19.9 Å². The van der Waals surface area contributed by atoms with Crippen LogP contribution in [0.15, 0.2) is 30.5 Å². The van der Waals surface area contributed by atoms with Crippen molar-refractivity contribution in [2.24, 2.45) is 0 Å². The molecule has 0 radical (unpaired) electrons. The highest BCUT2D eigenvalue weighted by molar-refractivity contribution is 5.69. The predicted molar refractivity (Wildman–Crippen MR) is 71.1 cm³/mol. The third-order valence-corrected chi connectivity index (χ3v) is 3.06. The molecule has 1 aliphatic rings. The summed E-state index contributed by atoms with van der Waals surface area (Å²) in [5.41, 5.74) is 1.12. The maximum atomic E-state index is 11.1. The Morgan fingerprint density at radius 1 is 1.37 bits per heavy atom. The van der Waals surface area contributed by atoms with Gasteiger partial charge in [0.25, 0.3) is 0 Å². The fourth-order valence-electron chi connectivity index (χ4n) is 1.92. The third kappa shape index (κ3) is 3.28. The van der Waals surface area contributed by atoms with Crippen LogP contribution >= 0.6 is 0 Å². The minimum absolute atomic E-state index is 0.194. The fraction of sp³-hybridized carbons (Fsp3) is 0.400. The quantitative estimate of drug-likeness (QED) is 0.603. The molecule has 0 aliphatic carbocycles. The van der Waals surface area contributed by atoms with Gasteiger partial charge in [-0.2, -0.15) is 0 Å². The molecule has 0 saturated heterocycles. The van der Waals surface area contributed by atoms with E-state index < -0.39 is 0 Å². The van der Waals surface area contributed by atoms with Gasteiger partial charge in [0, 0.05) is 12.3 Å². The number of allylic oxidation sites excluding steroid dienone is 1. The largest absolute Gasteiger partial charge is 0.454 e.